The van der Waals surface area contributed by atoms with E-state index >= 15 is 0 Å². The highest BCUT2D eigenvalue weighted by Crippen LogP contribution is 2.28. The van der Waals surface area contributed by atoms with Crippen LogP contribution in [0, 0.1) is 6.92 Å². The fourth-order valence-corrected chi connectivity index (χ4v) is 4.84. The molecule has 166 valence electrons. The van der Waals surface area contributed by atoms with Gasteiger partial charge in [0.05, 0.1) is 16.3 Å². The number of nitrogens with zero attached hydrogens (tertiary/aromatic N) is 2. The van der Waals surface area contributed by atoms with Gasteiger partial charge >= 0.3 is 0 Å². The third kappa shape index (κ3) is 5.68. The zero-order chi connectivity index (χ0) is 23.3. The molecule has 0 aliphatic heterocycles. The lowest BCUT2D eigenvalue weighted by Crippen LogP contribution is -2.40. The van der Waals surface area contributed by atoms with Crippen LogP contribution in [-0.4, -0.2) is 26.6 Å². The molecule has 0 radical (unpaired) electrons. The van der Waals surface area contributed by atoms with Crippen LogP contribution >= 0.6 is 23.2 Å². The largest absolute Gasteiger partial charge is 0.271 e. The van der Waals surface area contributed by atoms with Crippen molar-refractivity contribution in [1.29, 1.82) is 0 Å². The second kappa shape index (κ2) is 10.2. The molecular weight excluding hydrogens is 469 g/mol. The maximum atomic E-state index is 13.4. The van der Waals surface area contributed by atoms with Crippen LogP contribution in [0.25, 0.3) is 0 Å². The van der Waals surface area contributed by atoms with Crippen LogP contribution in [0.3, 0.4) is 0 Å². The molecule has 3 rings (SSSR count). The second-order valence-electron chi connectivity index (χ2n) is 6.99. The van der Waals surface area contributed by atoms with E-state index in [0.717, 1.165) is 9.87 Å². The van der Waals surface area contributed by atoms with Gasteiger partial charge < -0.3 is 0 Å². The standard InChI is InChI=1S/C23H21Cl2N3O3S/c1-16-14-20(25)12-13-22(16)28(32(30,31)21-6-4-3-5-7-21)15-23(29)27-26-17(2)18-8-10-19(24)11-9-18/h3-14H,15H2,1-2H3,(H,27,29)/b26-17-. The molecule has 0 saturated heterocycles. The molecule has 0 aliphatic rings. The molecule has 6 nitrogen and oxygen atoms in total. The summed E-state index contributed by atoms with van der Waals surface area (Å²) in [5.41, 5.74) is 4.73. The Kier molecular flexibility index (Phi) is 7.56. The van der Waals surface area contributed by atoms with Crippen LogP contribution in [0.5, 0.6) is 0 Å². The van der Waals surface area contributed by atoms with E-state index in [0.29, 0.717) is 27.0 Å². The Morgan fingerprint density at radius 2 is 1.59 bits per heavy atom. The van der Waals surface area contributed by atoms with Crippen LogP contribution in [-0.2, 0) is 14.8 Å². The number of hydrogen-bond donors (Lipinski definition) is 1. The Morgan fingerprint density at radius 3 is 2.22 bits per heavy atom. The smallest absolute Gasteiger partial charge is 0.264 e. The number of hydrazone groups is 1. The molecule has 1 amide bonds. The Morgan fingerprint density at radius 1 is 0.969 bits per heavy atom. The quantitative estimate of drug-likeness (QED) is 0.373. The Bertz CT molecular complexity index is 1250. The van der Waals surface area contributed by atoms with Crippen molar-refractivity contribution in [3.63, 3.8) is 0 Å². The fraction of sp³-hybridized carbons (Fsp3) is 0.130. The minimum Gasteiger partial charge on any atom is -0.271 e. The summed E-state index contributed by atoms with van der Waals surface area (Å²) >= 11 is 11.9. The van der Waals surface area contributed by atoms with E-state index in [4.69, 9.17) is 23.2 Å². The van der Waals surface area contributed by atoms with Crippen molar-refractivity contribution in [2.45, 2.75) is 18.7 Å². The topological polar surface area (TPSA) is 78.8 Å². The molecule has 3 aromatic rings. The van der Waals surface area contributed by atoms with Crippen LogP contribution < -0.4 is 9.73 Å². The van der Waals surface area contributed by atoms with Gasteiger partial charge in [-0.05, 0) is 67.4 Å². The van der Waals surface area contributed by atoms with Gasteiger partial charge in [-0.3, -0.25) is 9.10 Å². The molecule has 0 aromatic heterocycles. The number of benzene rings is 3. The van der Waals surface area contributed by atoms with Gasteiger partial charge in [0.15, 0.2) is 0 Å². The van der Waals surface area contributed by atoms with Crippen molar-refractivity contribution in [2.24, 2.45) is 5.10 Å². The molecule has 0 heterocycles. The van der Waals surface area contributed by atoms with Crippen molar-refractivity contribution >= 4 is 50.5 Å². The average molecular weight is 490 g/mol. The number of carbonyl (C=O) groups is 1. The summed E-state index contributed by atoms with van der Waals surface area (Å²) in [5, 5.41) is 5.15. The molecule has 0 atom stereocenters. The SMILES string of the molecule is C/C(=N/NC(=O)CN(c1ccc(Cl)cc1C)S(=O)(=O)c1ccccc1)c1ccc(Cl)cc1. The number of carbonyl (C=O) groups excluding carboxylic acids is 1. The summed E-state index contributed by atoms with van der Waals surface area (Å²) in [5.74, 6) is -0.591. The number of sulfonamides is 1. The minimum atomic E-state index is -4.01. The molecule has 1 N–H and O–H groups in total. The fourth-order valence-electron chi connectivity index (χ4n) is 2.99. The first-order valence-corrected chi connectivity index (χ1v) is 11.8. The summed E-state index contributed by atoms with van der Waals surface area (Å²) in [6.45, 7) is 3.00. The lowest BCUT2D eigenvalue weighted by molar-refractivity contribution is -0.119. The van der Waals surface area contributed by atoms with Crippen LogP contribution in [0.4, 0.5) is 5.69 Å². The monoisotopic (exact) mass is 489 g/mol. The first-order valence-electron chi connectivity index (χ1n) is 9.61. The molecule has 0 saturated carbocycles. The normalized spacial score (nSPS) is 11.8. The van der Waals surface area contributed by atoms with E-state index in [1.54, 1.807) is 74.5 Å². The van der Waals surface area contributed by atoms with Gasteiger partial charge in [-0.25, -0.2) is 13.8 Å². The molecule has 0 spiro atoms. The molecule has 3 aromatic carbocycles. The second-order valence-corrected chi connectivity index (χ2v) is 9.73. The lowest BCUT2D eigenvalue weighted by Gasteiger charge is -2.25. The first-order chi connectivity index (χ1) is 15.2. The average Bonchev–Trinajstić information content (AvgIpc) is 2.77. The van der Waals surface area contributed by atoms with Crippen molar-refractivity contribution in [1.82, 2.24) is 5.43 Å². The number of rotatable bonds is 7. The zero-order valence-corrected chi connectivity index (χ0v) is 19.7. The van der Waals surface area contributed by atoms with Gasteiger partial charge in [0.25, 0.3) is 15.9 Å². The number of anilines is 1. The Balaban J connectivity index is 1.89. The summed E-state index contributed by atoms with van der Waals surface area (Å²) in [4.78, 5) is 12.8. The van der Waals surface area contributed by atoms with Gasteiger partial charge in [-0.2, -0.15) is 5.10 Å². The maximum absolute atomic E-state index is 13.4. The van der Waals surface area contributed by atoms with E-state index in [2.05, 4.69) is 10.5 Å². The number of halogens is 2. The number of hydrogen-bond acceptors (Lipinski definition) is 4. The molecule has 0 unspecified atom stereocenters. The van der Waals surface area contributed by atoms with E-state index in [-0.39, 0.29) is 4.90 Å². The van der Waals surface area contributed by atoms with Crippen molar-refractivity contribution in [3.05, 3.63) is 94.0 Å². The molecule has 0 fully saturated rings. The third-order valence-electron chi connectivity index (χ3n) is 4.66. The van der Waals surface area contributed by atoms with Gasteiger partial charge in [-0.1, -0.05) is 53.5 Å². The number of aryl methyl sites for hydroxylation is 1. The molecule has 9 heteroatoms. The highest BCUT2D eigenvalue weighted by molar-refractivity contribution is 7.92. The third-order valence-corrected chi connectivity index (χ3v) is 6.92. The van der Waals surface area contributed by atoms with Gasteiger partial charge in [-0.15, -0.1) is 0 Å². The minimum absolute atomic E-state index is 0.0722. The Hall–Kier alpha value is -2.87. The summed E-state index contributed by atoms with van der Waals surface area (Å²) < 4.78 is 27.8. The number of nitrogens with one attached hydrogen (secondary N) is 1. The summed E-state index contributed by atoms with van der Waals surface area (Å²) in [6, 6.07) is 19.7. The molecule has 32 heavy (non-hydrogen) atoms. The van der Waals surface area contributed by atoms with E-state index in [1.807, 2.05) is 0 Å². The van der Waals surface area contributed by atoms with Crippen LogP contribution in [0.2, 0.25) is 10.0 Å². The lowest BCUT2D eigenvalue weighted by atomic mass is 10.1. The van der Waals surface area contributed by atoms with Gasteiger partial charge in [0.2, 0.25) is 0 Å². The maximum Gasteiger partial charge on any atom is 0.264 e. The zero-order valence-electron chi connectivity index (χ0n) is 17.4. The highest BCUT2D eigenvalue weighted by Gasteiger charge is 2.28. The number of amides is 1. The molecule has 0 bridgehead atoms. The Labute approximate surface area is 197 Å². The summed E-state index contributed by atoms with van der Waals surface area (Å²) in [7, 11) is -4.01. The van der Waals surface area contributed by atoms with Crippen molar-refractivity contribution in [2.75, 3.05) is 10.8 Å². The first kappa shape index (κ1) is 23.8. The predicted octanol–water partition coefficient (Wildman–Crippen LogP) is 5.04. The highest BCUT2D eigenvalue weighted by atomic mass is 35.5. The predicted molar refractivity (Wildman–Crippen MR) is 129 cm³/mol. The van der Waals surface area contributed by atoms with Crippen LogP contribution in [0.15, 0.2) is 82.8 Å². The van der Waals surface area contributed by atoms with Gasteiger partial charge in [0.1, 0.15) is 6.54 Å². The molecule has 0 aliphatic carbocycles. The van der Waals surface area contributed by atoms with E-state index in [9.17, 15) is 13.2 Å². The van der Waals surface area contributed by atoms with Crippen molar-refractivity contribution in [3.8, 4) is 0 Å². The molecular formula is C23H21Cl2N3O3S. The summed E-state index contributed by atoms with van der Waals surface area (Å²) in [6.07, 6.45) is 0. The van der Waals surface area contributed by atoms with Crippen molar-refractivity contribution < 1.29 is 13.2 Å². The van der Waals surface area contributed by atoms with Gasteiger partial charge in [0, 0.05) is 10.0 Å². The van der Waals surface area contributed by atoms with E-state index in [1.165, 1.54) is 12.1 Å². The van der Waals surface area contributed by atoms with E-state index < -0.39 is 22.5 Å². The van der Waals surface area contributed by atoms with Crippen LogP contribution in [0.1, 0.15) is 18.1 Å².